The Labute approximate surface area is 114 Å². The lowest BCUT2D eigenvalue weighted by molar-refractivity contribution is 0.102. The molecule has 1 heterocycles. The summed E-state index contributed by atoms with van der Waals surface area (Å²) < 4.78 is 26.1. The van der Waals surface area contributed by atoms with Gasteiger partial charge in [-0.2, -0.15) is 0 Å². The third kappa shape index (κ3) is 3.25. The zero-order valence-corrected chi connectivity index (χ0v) is 10.7. The summed E-state index contributed by atoms with van der Waals surface area (Å²) in [6.45, 7) is 2.58. The van der Waals surface area contributed by atoms with E-state index in [9.17, 15) is 13.6 Å². The molecule has 0 aliphatic rings. The number of anilines is 2. The fraction of sp³-hybridized carbons (Fsp3) is 0.154. The Morgan fingerprint density at radius 2 is 2.00 bits per heavy atom. The summed E-state index contributed by atoms with van der Waals surface area (Å²) in [6, 6.07) is 5.94. The summed E-state index contributed by atoms with van der Waals surface area (Å²) >= 11 is 0. The van der Waals surface area contributed by atoms with E-state index >= 15 is 0 Å². The van der Waals surface area contributed by atoms with E-state index in [1.54, 1.807) is 6.07 Å². The second-order valence-electron chi connectivity index (χ2n) is 3.91. The highest BCUT2D eigenvalue weighted by molar-refractivity contribution is 6.02. The van der Waals surface area contributed by atoms with Crippen LogP contribution in [0.15, 0.2) is 30.3 Å². The highest BCUT2D eigenvalue weighted by Crippen LogP contribution is 2.15. The van der Waals surface area contributed by atoms with E-state index in [1.807, 2.05) is 6.92 Å². The average Bonchev–Trinajstić information content (AvgIpc) is 2.43. The molecule has 0 spiro atoms. The molecule has 0 fully saturated rings. The lowest BCUT2D eigenvalue weighted by Crippen LogP contribution is -2.15. The Morgan fingerprint density at radius 1 is 1.20 bits per heavy atom. The number of aromatic nitrogens is 2. The van der Waals surface area contributed by atoms with Gasteiger partial charge in [-0.15, -0.1) is 10.2 Å². The summed E-state index contributed by atoms with van der Waals surface area (Å²) in [5, 5.41) is 12.7. The molecule has 0 aliphatic heterocycles. The number of hydrogen-bond donors (Lipinski definition) is 2. The maximum atomic E-state index is 13.4. The molecule has 5 nitrogen and oxygen atoms in total. The Balaban J connectivity index is 2.11. The number of rotatable bonds is 4. The Bertz CT molecular complexity index is 616. The van der Waals surface area contributed by atoms with Gasteiger partial charge in [0.15, 0.2) is 5.69 Å². The third-order valence-corrected chi connectivity index (χ3v) is 2.43. The topological polar surface area (TPSA) is 66.9 Å². The van der Waals surface area contributed by atoms with Gasteiger partial charge >= 0.3 is 0 Å². The molecule has 104 valence electrons. The fourth-order valence-corrected chi connectivity index (χ4v) is 1.51. The Hall–Kier alpha value is -2.57. The van der Waals surface area contributed by atoms with Gasteiger partial charge in [0.2, 0.25) is 0 Å². The van der Waals surface area contributed by atoms with Gasteiger partial charge in [-0.25, -0.2) is 8.78 Å². The summed E-state index contributed by atoms with van der Waals surface area (Å²) in [5.74, 6) is -1.64. The van der Waals surface area contributed by atoms with Crippen molar-refractivity contribution >= 4 is 17.4 Å². The van der Waals surface area contributed by atoms with Gasteiger partial charge in [0, 0.05) is 12.6 Å². The van der Waals surface area contributed by atoms with Crippen LogP contribution in [-0.4, -0.2) is 22.6 Å². The van der Waals surface area contributed by atoms with E-state index in [2.05, 4.69) is 20.8 Å². The van der Waals surface area contributed by atoms with Crippen molar-refractivity contribution in [2.45, 2.75) is 6.92 Å². The van der Waals surface area contributed by atoms with Gasteiger partial charge in [-0.05, 0) is 31.2 Å². The zero-order valence-electron chi connectivity index (χ0n) is 10.7. The largest absolute Gasteiger partial charge is 0.369 e. The average molecular weight is 278 g/mol. The van der Waals surface area contributed by atoms with Crippen LogP contribution >= 0.6 is 0 Å². The van der Waals surface area contributed by atoms with Gasteiger partial charge in [0.1, 0.15) is 17.5 Å². The fourth-order valence-electron chi connectivity index (χ4n) is 1.51. The highest BCUT2D eigenvalue weighted by Gasteiger charge is 2.11. The van der Waals surface area contributed by atoms with Crippen LogP contribution in [0.25, 0.3) is 0 Å². The molecule has 0 radical (unpaired) electrons. The molecular weight excluding hydrogens is 266 g/mol. The number of halogens is 2. The number of nitrogens with zero attached hydrogens (tertiary/aromatic N) is 2. The summed E-state index contributed by atoms with van der Waals surface area (Å²) in [4.78, 5) is 11.8. The standard InChI is InChI=1S/C13H12F2N4O/c1-2-16-12-6-5-11(18-19-12)13(20)17-10-4-3-8(14)7-9(10)15/h3-7H,2H2,1H3,(H,16,19)(H,17,20). The maximum absolute atomic E-state index is 13.4. The molecule has 1 amide bonds. The Morgan fingerprint density at radius 3 is 2.60 bits per heavy atom. The van der Waals surface area contributed by atoms with Gasteiger partial charge < -0.3 is 10.6 Å². The molecule has 0 unspecified atom stereocenters. The normalized spacial score (nSPS) is 10.2. The minimum absolute atomic E-state index is 0.0374. The molecule has 2 N–H and O–H groups in total. The first kappa shape index (κ1) is 13.9. The molecule has 2 aromatic rings. The van der Waals surface area contributed by atoms with E-state index in [0.717, 1.165) is 12.1 Å². The molecule has 20 heavy (non-hydrogen) atoms. The number of benzene rings is 1. The minimum Gasteiger partial charge on any atom is -0.369 e. The van der Waals surface area contributed by atoms with Crippen molar-refractivity contribution in [3.05, 3.63) is 47.7 Å². The van der Waals surface area contributed by atoms with Crippen LogP contribution in [0.1, 0.15) is 17.4 Å². The zero-order chi connectivity index (χ0) is 14.5. The molecule has 2 rings (SSSR count). The van der Waals surface area contributed by atoms with E-state index in [-0.39, 0.29) is 11.4 Å². The number of hydrogen-bond acceptors (Lipinski definition) is 4. The van der Waals surface area contributed by atoms with Crippen molar-refractivity contribution in [3.63, 3.8) is 0 Å². The van der Waals surface area contributed by atoms with Crippen molar-refractivity contribution in [2.75, 3.05) is 17.2 Å². The minimum atomic E-state index is -0.851. The van der Waals surface area contributed by atoms with Crippen LogP contribution in [0.2, 0.25) is 0 Å². The van der Waals surface area contributed by atoms with Crippen LogP contribution in [-0.2, 0) is 0 Å². The predicted octanol–water partition coefficient (Wildman–Crippen LogP) is 2.44. The van der Waals surface area contributed by atoms with Crippen molar-refractivity contribution in [2.24, 2.45) is 0 Å². The number of nitrogens with one attached hydrogen (secondary N) is 2. The molecule has 1 aromatic carbocycles. The molecule has 1 aromatic heterocycles. The second-order valence-corrected chi connectivity index (χ2v) is 3.91. The number of amides is 1. The van der Waals surface area contributed by atoms with Crippen molar-refractivity contribution in [1.82, 2.24) is 10.2 Å². The monoisotopic (exact) mass is 278 g/mol. The van der Waals surface area contributed by atoms with E-state index in [1.165, 1.54) is 6.07 Å². The Kier molecular flexibility index (Phi) is 4.19. The van der Waals surface area contributed by atoms with E-state index in [4.69, 9.17) is 0 Å². The van der Waals surface area contributed by atoms with Gasteiger partial charge in [-0.3, -0.25) is 4.79 Å². The van der Waals surface area contributed by atoms with Crippen LogP contribution in [0, 0.1) is 11.6 Å². The molecule has 0 bridgehead atoms. The highest BCUT2D eigenvalue weighted by atomic mass is 19.1. The van der Waals surface area contributed by atoms with Crippen molar-refractivity contribution in [1.29, 1.82) is 0 Å². The van der Waals surface area contributed by atoms with Crippen molar-refractivity contribution < 1.29 is 13.6 Å². The smallest absolute Gasteiger partial charge is 0.276 e. The van der Waals surface area contributed by atoms with Gasteiger partial charge in [0.05, 0.1) is 5.69 Å². The summed E-state index contributed by atoms with van der Waals surface area (Å²) in [5.41, 5.74) is -0.0793. The number of carbonyl (C=O) groups is 1. The second kappa shape index (κ2) is 6.05. The van der Waals surface area contributed by atoms with Crippen LogP contribution in [0.3, 0.4) is 0 Å². The van der Waals surface area contributed by atoms with Crippen LogP contribution in [0.4, 0.5) is 20.3 Å². The lowest BCUT2D eigenvalue weighted by Gasteiger charge is -2.06. The molecule has 7 heteroatoms. The van der Waals surface area contributed by atoms with Crippen LogP contribution < -0.4 is 10.6 Å². The molecule has 0 aliphatic carbocycles. The number of carbonyl (C=O) groups excluding carboxylic acids is 1. The predicted molar refractivity (Wildman–Crippen MR) is 70.5 cm³/mol. The van der Waals surface area contributed by atoms with Crippen LogP contribution in [0.5, 0.6) is 0 Å². The molecular formula is C13H12F2N4O. The molecule has 0 saturated carbocycles. The summed E-state index contributed by atoms with van der Waals surface area (Å²) in [7, 11) is 0. The van der Waals surface area contributed by atoms with Crippen molar-refractivity contribution in [3.8, 4) is 0 Å². The quantitative estimate of drug-likeness (QED) is 0.901. The van der Waals surface area contributed by atoms with Gasteiger partial charge in [0.25, 0.3) is 5.91 Å². The third-order valence-electron chi connectivity index (χ3n) is 2.43. The SMILES string of the molecule is CCNc1ccc(C(=O)Nc2ccc(F)cc2F)nn1. The first-order chi connectivity index (χ1) is 9.60. The molecule has 0 atom stereocenters. The molecule has 0 saturated heterocycles. The first-order valence-electron chi connectivity index (χ1n) is 5.94. The lowest BCUT2D eigenvalue weighted by atomic mass is 10.2. The van der Waals surface area contributed by atoms with E-state index < -0.39 is 17.5 Å². The van der Waals surface area contributed by atoms with Gasteiger partial charge in [-0.1, -0.05) is 0 Å². The van der Waals surface area contributed by atoms with E-state index in [0.29, 0.717) is 18.4 Å². The summed E-state index contributed by atoms with van der Waals surface area (Å²) in [6.07, 6.45) is 0. The first-order valence-corrected chi connectivity index (χ1v) is 5.94. The maximum Gasteiger partial charge on any atom is 0.276 e.